The van der Waals surface area contributed by atoms with E-state index in [1.165, 1.54) is 154 Å². The van der Waals surface area contributed by atoms with Crippen LogP contribution in [0.15, 0.2) is 352 Å². The Morgan fingerprint density at radius 3 is 0.800 bits per heavy atom. The molecule has 0 aromatic heterocycles. The van der Waals surface area contributed by atoms with Crippen LogP contribution >= 0.6 is 0 Å². The number of rotatable bonds is 7. The van der Waals surface area contributed by atoms with Crippen molar-refractivity contribution in [1.82, 2.24) is 0 Å². The summed E-state index contributed by atoms with van der Waals surface area (Å²) in [5.41, 5.74) is 23.0. The van der Waals surface area contributed by atoms with E-state index in [-0.39, 0.29) is 0 Å². The molecule has 0 unspecified atom stereocenters. The zero-order valence-corrected chi connectivity index (χ0v) is 51.5. The Morgan fingerprint density at radius 1 is 0.133 bits per heavy atom. The minimum Gasteiger partial charge on any atom is -0.0622 e. The van der Waals surface area contributed by atoms with Crippen LogP contribution in [-0.2, 0) is 0 Å². The molecule has 16 aromatic carbocycles. The van der Waals surface area contributed by atoms with Gasteiger partial charge in [0.15, 0.2) is 0 Å². The van der Waals surface area contributed by atoms with Gasteiger partial charge in [-0.05, 0) is 213 Å². The molecule has 0 heterocycles. The van der Waals surface area contributed by atoms with Crippen molar-refractivity contribution in [3.05, 3.63) is 374 Å². The molecule has 0 saturated carbocycles. The number of aryl methyl sites for hydroxylation is 4. The van der Waals surface area contributed by atoms with Crippen LogP contribution in [0.25, 0.3) is 132 Å². The van der Waals surface area contributed by atoms with Crippen LogP contribution in [0.4, 0.5) is 0 Å². The predicted octanol–water partition coefficient (Wildman–Crippen LogP) is 25.4. The van der Waals surface area contributed by atoms with Crippen molar-refractivity contribution in [2.45, 2.75) is 27.7 Å². The van der Waals surface area contributed by atoms with Crippen molar-refractivity contribution < 1.29 is 0 Å². The predicted molar refractivity (Wildman–Crippen MR) is 390 cm³/mol. The van der Waals surface area contributed by atoms with E-state index in [0.717, 1.165) is 0 Å². The first-order valence-corrected chi connectivity index (χ1v) is 31.2. The first-order chi connectivity index (χ1) is 44.2. The molecule has 430 valence electrons. The summed E-state index contributed by atoms with van der Waals surface area (Å²) in [6, 6.07) is 126. The molecule has 90 heavy (non-hydrogen) atoms. The van der Waals surface area contributed by atoms with Gasteiger partial charge in [-0.15, -0.1) is 0 Å². The quantitative estimate of drug-likeness (QED) is 0.149. The van der Waals surface area contributed by atoms with Gasteiger partial charge in [-0.2, -0.15) is 0 Å². The van der Waals surface area contributed by atoms with E-state index < -0.39 is 0 Å². The molecule has 0 atom stereocenters. The van der Waals surface area contributed by atoms with Crippen molar-refractivity contribution in [2.75, 3.05) is 0 Å². The van der Waals surface area contributed by atoms with Crippen LogP contribution in [0.3, 0.4) is 0 Å². The summed E-state index contributed by atoms with van der Waals surface area (Å²) in [5, 5.41) is 12.9. The average molecular weight is 1150 g/mol. The molecular formula is C90H70. The lowest BCUT2D eigenvalue weighted by molar-refractivity contribution is 1.46. The SMILES string of the molecule is Cc1cc(-c2ccc3ccccc3c2)cc(-c2cccc3ccccc23)c1.Cc1cc(-c2ccccc2)cc(-c2ccc3ccccc3c2)c1.Cc1cc(-c2ccccc2)cc(-c2cccc3ccccc23)c1.Cc1cccc(-c2ccc3ccccc3c2)c1. The van der Waals surface area contributed by atoms with E-state index in [0.29, 0.717) is 0 Å². The topological polar surface area (TPSA) is 0 Å². The van der Waals surface area contributed by atoms with Crippen molar-refractivity contribution in [1.29, 1.82) is 0 Å². The van der Waals surface area contributed by atoms with E-state index in [1.54, 1.807) is 0 Å². The Kier molecular flexibility index (Phi) is 17.3. The third-order valence-electron chi connectivity index (χ3n) is 16.9. The Bertz CT molecular complexity index is 5150. The van der Waals surface area contributed by atoms with Gasteiger partial charge in [0.2, 0.25) is 0 Å². The fraction of sp³-hybridized carbons (Fsp3) is 0.0444. The van der Waals surface area contributed by atoms with E-state index >= 15 is 0 Å². The maximum Gasteiger partial charge on any atom is -0.0105 e. The van der Waals surface area contributed by atoms with Gasteiger partial charge in [0.25, 0.3) is 0 Å². The zero-order valence-electron chi connectivity index (χ0n) is 51.5. The highest BCUT2D eigenvalue weighted by Crippen LogP contribution is 2.36. The molecule has 0 amide bonds. The van der Waals surface area contributed by atoms with Crippen LogP contribution in [0, 0.1) is 27.7 Å². The van der Waals surface area contributed by atoms with Crippen LogP contribution in [0.5, 0.6) is 0 Å². The van der Waals surface area contributed by atoms with E-state index in [9.17, 15) is 0 Å². The van der Waals surface area contributed by atoms with Gasteiger partial charge in [0.1, 0.15) is 0 Å². The molecule has 0 fully saturated rings. The lowest BCUT2D eigenvalue weighted by atomic mass is 9.93. The molecule has 16 rings (SSSR count). The van der Waals surface area contributed by atoms with Gasteiger partial charge < -0.3 is 0 Å². The number of hydrogen-bond acceptors (Lipinski definition) is 0. The van der Waals surface area contributed by atoms with Crippen molar-refractivity contribution in [3.63, 3.8) is 0 Å². The first-order valence-electron chi connectivity index (χ1n) is 31.2. The second-order valence-electron chi connectivity index (χ2n) is 23.6. The molecule has 0 bridgehead atoms. The Morgan fingerprint density at radius 2 is 0.400 bits per heavy atom. The second-order valence-corrected chi connectivity index (χ2v) is 23.6. The van der Waals surface area contributed by atoms with Gasteiger partial charge in [-0.3, -0.25) is 0 Å². The summed E-state index contributed by atoms with van der Waals surface area (Å²) in [4.78, 5) is 0. The van der Waals surface area contributed by atoms with Gasteiger partial charge in [-0.25, -0.2) is 0 Å². The molecule has 0 aliphatic rings. The minimum atomic E-state index is 1.26. The highest BCUT2D eigenvalue weighted by Gasteiger charge is 2.11. The average Bonchev–Trinajstić information content (AvgIpc) is 3.17. The van der Waals surface area contributed by atoms with Crippen molar-refractivity contribution >= 4 is 53.9 Å². The lowest BCUT2D eigenvalue weighted by Crippen LogP contribution is -1.86. The largest absolute Gasteiger partial charge is 0.0622 e. The molecule has 0 aliphatic carbocycles. The standard InChI is InChI=1S/C27H20.2C23H18.C17H14/c1-19-15-24(23-14-13-20-7-2-3-9-22(20)17-23)18-25(16-19)27-12-6-10-21-8-4-5-11-26(21)27;1-17-14-20(18-8-3-2-4-9-18)16-21(15-17)23-13-7-11-19-10-5-6-12-22(19)23;1-17-13-22(18-7-3-2-4-8-18)16-23(14-17)21-12-11-19-9-5-6-10-20(19)15-21;1-13-5-4-8-15(11-13)17-10-9-14-6-2-3-7-16(14)12-17/h2-18H,1H3;2*2-16H,1H3;2-12H,1H3. The van der Waals surface area contributed by atoms with Crippen molar-refractivity contribution in [2.24, 2.45) is 0 Å². The molecule has 0 nitrogen and oxygen atoms in total. The summed E-state index contributed by atoms with van der Waals surface area (Å²) in [6.07, 6.45) is 0. The van der Waals surface area contributed by atoms with Crippen molar-refractivity contribution in [3.8, 4) is 77.9 Å². The monoisotopic (exact) mass is 1150 g/mol. The smallest absolute Gasteiger partial charge is 0.0105 e. The van der Waals surface area contributed by atoms with Crippen LogP contribution in [0.1, 0.15) is 22.3 Å². The van der Waals surface area contributed by atoms with E-state index in [2.05, 4.69) is 380 Å². The number of benzene rings is 16. The molecular weight excluding hydrogens is 1080 g/mol. The highest BCUT2D eigenvalue weighted by molar-refractivity contribution is 5.99. The number of fused-ring (bicyclic) bond motifs is 5. The van der Waals surface area contributed by atoms with Gasteiger partial charge >= 0.3 is 0 Å². The third kappa shape index (κ3) is 13.5. The third-order valence-corrected chi connectivity index (χ3v) is 16.9. The molecule has 16 aromatic rings. The summed E-state index contributed by atoms with van der Waals surface area (Å²) in [5.74, 6) is 0. The van der Waals surface area contributed by atoms with E-state index in [1.807, 2.05) is 0 Å². The summed E-state index contributed by atoms with van der Waals surface area (Å²) < 4.78 is 0. The Balaban J connectivity index is 0.000000111. The van der Waals surface area contributed by atoms with Gasteiger partial charge in [0.05, 0.1) is 0 Å². The zero-order chi connectivity index (χ0) is 61.2. The molecule has 0 spiro atoms. The van der Waals surface area contributed by atoms with Crippen LogP contribution < -0.4 is 0 Å². The maximum absolute atomic E-state index is 2.32. The molecule has 0 heteroatoms. The van der Waals surface area contributed by atoms with E-state index in [4.69, 9.17) is 0 Å². The summed E-state index contributed by atoms with van der Waals surface area (Å²) in [7, 11) is 0. The fourth-order valence-corrected chi connectivity index (χ4v) is 12.5. The first kappa shape index (κ1) is 57.9. The van der Waals surface area contributed by atoms with Crippen LogP contribution in [-0.4, -0.2) is 0 Å². The maximum atomic E-state index is 2.32. The number of hydrogen-bond donors (Lipinski definition) is 0. The summed E-state index contributed by atoms with van der Waals surface area (Å²) in [6.45, 7) is 8.64. The molecule has 0 N–H and O–H groups in total. The molecule has 0 aliphatic heterocycles. The highest BCUT2D eigenvalue weighted by atomic mass is 14.2. The minimum absolute atomic E-state index is 1.26. The Hall–Kier alpha value is -11.2. The van der Waals surface area contributed by atoms with Crippen LogP contribution in [0.2, 0.25) is 0 Å². The molecule has 0 radical (unpaired) electrons. The molecule has 0 saturated heterocycles. The van der Waals surface area contributed by atoms with Gasteiger partial charge in [-0.1, -0.05) is 321 Å². The normalized spacial score (nSPS) is 10.9. The fourth-order valence-electron chi connectivity index (χ4n) is 12.5. The lowest BCUT2D eigenvalue weighted by Gasteiger charge is -2.11. The Labute approximate surface area is 530 Å². The van der Waals surface area contributed by atoms with Gasteiger partial charge in [0, 0.05) is 0 Å². The second kappa shape index (κ2) is 26.8. The summed E-state index contributed by atoms with van der Waals surface area (Å²) >= 11 is 0.